The largest absolute Gasteiger partial charge is 0.494 e. The minimum Gasteiger partial charge on any atom is -0.494 e. The Kier molecular flexibility index (Phi) is 5.63. The van der Waals surface area contributed by atoms with Crippen molar-refractivity contribution in [1.82, 2.24) is 9.78 Å². The molecular weight excluding hydrogens is 333 g/mol. The predicted molar refractivity (Wildman–Crippen MR) is 97.7 cm³/mol. The van der Waals surface area contributed by atoms with Crippen molar-refractivity contribution < 1.29 is 13.9 Å². The Morgan fingerprint density at radius 3 is 2.69 bits per heavy atom. The number of ether oxygens (including phenoxy) is 1. The van der Waals surface area contributed by atoms with Crippen LogP contribution in [-0.4, -0.2) is 22.8 Å². The fourth-order valence-electron chi connectivity index (χ4n) is 2.65. The Labute approximate surface area is 151 Å². The first-order chi connectivity index (χ1) is 12.7. The summed E-state index contributed by atoms with van der Waals surface area (Å²) in [4.78, 5) is 12.2. The molecule has 0 radical (unpaired) electrons. The van der Waals surface area contributed by atoms with E-state index in [-0.39, 0.29) is 18.1 Å². The van der Waals surface area contributed by atoms with Crippen LogP contribution in [0.4, 0.5) is 10.2 Å². The van der Waals surface area contributed by atoms with Crippen LogP contribution < -0.4 is 10.1 Å². The van der Waals surface area contributed by atoms with Crippen molar-refractivity contribution >= 4 is 11.7 Å². The third-order valence-electron chi connectivity index (χ3n) is 4.02. The van der Waals surface area contributed by atoms with Crippen molar-refractivity contribution in [2.45, 2.75) is 19.4 Å². The summed E-state index contributed by atoms with van der Waals surface area (Å²) in [6.45, 7) is 0.577. The maximum Gasteiger partial charge on any atom is 0.225 e. The van der Waals surface area contributed by atoms with Gasteiger partial charge in [-0.25, -0.2) is 9.07 Å². The van der Waals surface area contributed by atoms with Gasteiger partial charge in [-0.3, -0.25) is 4.79 Å². The Morgan fingerprint density at radius 1 is 1.15 bits per heavy atom. The van der Waals surface area contributed by atoms with Gasteiger partial charge in [0.25, 0.3) is 0 Å². The number of aryl methyl sites for hydroxylation is 1. The smallest absolute Gasteiger partial charge is 0.225 e. The number of nitrogens with one attached hydrogen (secondary N) is 1. The molecule has 0 unspecified atom stereocenters. The first-order valence-corrected chi connectivity index (χ1v) is 8.33. The first kappa shape index (κ1) is 17.7. The van der Waals surface area contributed by atoms with Crippen LogP contribution in [0.3, 0.4) is 0 Å². The molecule has 5 nitrogen and oxygen atoms in total. The highest BCUT2D eigenvalue weighted by Gasteiger charge is 2.09. The van der Waals surface area contributed by atoms with Gasteiger partial charge >= 0.3 is 0 Å². The molecule has 0 fully saturated rings. The van der Waals surface area contributed by atoms with Gasteiger partial charge in [-0.2, -0.15) is 5.10 Å². The number of hydrogen-bond acceptors (Lipinski definition) is 3. The normalized spacial score (nSPS) is 10.5. The van der Waals surface area contributed by atoms with Crippen LogP contribution in [-0.2, 0) is 17.8 Å². The van der Waals surface area contributed by atoms with Gasteiger partial charge in [0.2, 0.25) is 5.91 Å². The molecular formula is C20H20FN3O2. The number of aromatic nitrogens is 2. The van der Waals surface area contributed by atoms with Crippen molar-refractivity contribution in [2.24, 2.45) is 0 Å². The standard InChI is InChI=1S/C20H20FN3O2/c1-26-18-9-7-15(13-17(18)21)8-10-20(25)23-19-11-12-22-24(19)14-16-5-3-2-4-6-16/h2-7,9,11-13H,8,10,14H2,1H3,(H,23,25). The average molecular weight is 353 g/mol. The van der Waals surface area contributed by atoms with Crippen molar-refractivity contribution in [3.05, 3.63) is 77.7 Å². The third-order valence-corrected chi connectivity index (χ3v) is 4.02. The van der Waals surface area contributed by atoms with Gasteiger partial charge in [-0.15, -0.1) is 0 Å². The van der Waals surface area contributed by atoms with Gasteiger partial charge in [-0.05, 0) is 29.7 Å². The molecule has 3 rings (SSSR count). The lowest BCUT2D eigenvalue weighted by Gasteiger charge is -2.09. The highest BCUT2D eigenvalue weighted by molar-refractivity contribution is 5.89. The fraction of sp³-hybridized carbons (Fsp3) is 0.200. The molecule has 0 spiro atoms. The molecule has 3 aromatic rings. The third kappa shape index (κ3) is 4.47. The number of hydrogen-bond donors (Lipinski definition) is 1. The maximum atomic E-state index is 13.7. The van der Waals surface area contributed by atoms with E-state index >= 15 is 0 Å². The number of methoxy groups -OCH3 is 1. The van der Waals surface area contributed by atoms with Crippen molar-refractivity contribution in [3.63, 3.8) is 0 Å². The Hall–Kier alpha value is -3.15. The lowest BCUT2D eigenvalue weighted by atomic mass is 10.1. The number of anilines is 1. The van der Waals surface area contributed by atoms with E-state index in [0.717, 1.165) is 11.1 Å². The summed E-state index contributed by atoms with van der Waals surface area (Å²) in [5.41, 5.74) is 1.84. The molecule has 0 aliphatic carbocycles. The highest BCUT2D eigenvalue weighted by atomic mass is 19.1. The summed E-state index contributed by atoms with van der Waals surface area (Å²) >= 11 is 0. The number of rotatable bonds is 7. The molecule has 1 amide bonds. The molecule has 2 aromatic carbocycles. The summed E-state index contributed by atoms with van der Waals surface area (Å²) in [6, 6.07) is 16.4. The molecule has 1 N–H and O–H groups in total. The Bertz CT molecular complexity index is 878. The van der Waals surface area contributed by atoms with E-state index in [1.165, 1.54) is 13.2 Å². The summed E-state index contributed by atoms with van der Waals surface area (Å²) in [6.07, 6.45) is 2.35. The van der Waals surface area contributed by atoms with Crippen LogP contribution >= 0.6 is 0 Å². The van der Waals surface area contributed by atoms with Gasteiger partial charge < -0.3 is 10.1 Å². The number of carbonyl (C=O) groups is 1. The molecule has 1 aromatic heterocycles. The number of benzene rings is 2. The van der Waals surface area contributed by atoms with E-state index in [4.69, 9.17) is 4.74 Å². The van der Waals surface area contributed by atoms with Crippen LogP contribution in [0.5, 0.6) is 5.75 Å². The van der Waals surface area contributed by atoms with Crippen molar-refractivity contribution in [3.8, 4) is 5.75 Å². The Balaban J connectivity index is 1.57. The molecule has 0 bridgehead atoms. The van der Waals surface area contributed by atoms with Gasteiger partial charge in [0.05, 0.1) is 19.9 Å². The van der Waals surface area contributed by atoms with Crippen LogP contribution in [0.15, 0.2) is 60.8 Å². The average Bonchev–Trinajstić information content (AvgIpc) is 3.07. The van der Waals surface area contributed by atoms with Gasteiger partial charge in [0.15, 0.2) is 11.6 Å². The molecule has 0 saturated heterocycles. The monoisotopic (exact) mass is 353 g/mol. The van der Waals surface area contributed by atoms with E-state index in [2.05, 4.69) is 10.4 Å². The highest BCUT2D eigenvalue weighted by Crippen LogP contribution is 2.19. The number of carbonyl (C=O) groups excluding carboxylic acids is 1. The predicted octanol–water partition coefficient (Wildman–Crippen LogP) is 3.65. The van der Waals surface area contributed by atoms with Crippen LogP contribution in [0.25, 0.3) is 0 Å². The molecule has 0 atom stereocenters. The molecule has 0 saturated carbocycles. The zero-order valence-corrected chi connectivity index (χ0v) is 14.5. The summed E-state index contributed by atoms with van der Waals surface area (Å²) in [5, 5.41) is 7.11. The quantitative estimate of drug-likeness (QED) is 0.705. The van der Waals surface area contributed by atoms with Crippen LogP contribution in [0.1, 0.15) is 17.5 Å². The topological polar surface area (TPSA) is 56.1 Å². The maximum absolute atomic E-state index is 13.7. The van der Waals surface area contributed by atoms with Gasteiger partial charge in [0.1, 0.15) is 5.82 Å². The Morgan fingerprint density at radius 2 is 1.96 bits per heavy atom. The summed E-state index contributed by atoms with van der Waals surface area (Å²) in [7, 11) is 1.42. The second-order valence-electron chi connectivity index (χ2n) is 5.88. The number of halogens is 1. The van der Waals surface area contributed by atoms with Crippen LogP contribution in [0.2, 0.25) is 0 Å². The van der Waals surface area contributed by atoms with E-state index in [0.29, 0.717) is 18.8 Å². The van der Waals surface area contributed by atoms with Crippen molar-refractivity contribution in [2.75, 3.05) is 12.4 Å². The molecule has 0 aliphatic rings. The summed E-state index contributed by atoms with van der Waals surface area (Å²) < 4.78 is 20.3. The zero-order chi connectivity index (χ0) is 18.4. The lowest BCUT2D eigenvalue weighted by molar-refractivity contribution is -0.116. The molecule has 134 valence electrons. The fourth-order valence-corrected chi connectivity index (χ4v) is 2.65. The van der Waals surface area contributed by atoms with Crippen LogP contribution in [0, 0.1) is 5.82 Å². The number of amides is 1. The first-order valence-electron chi connectivity index (χ1n) is 8.33. The molecule has 6 heteroatoms. The van der Waals surface area contributed by atoms with E-state index < -0.39 is 5.82 Å². The van der Waals surface area contributed by atoms with Gasteiger partial charge in [-0.1, -0.05) is 36.4 Å². The van der Waals surface area contributed by atoms with E-state index in [1.54, 1.807) is 29.1 Å². The minimum absolute atomic E-state index is 0.143. The SMILES string of the molecule is COc1ccc(CCC(=O)Nc2ccnn2Cc2ccccc2)cc1F. The second-order valence-corrected chi connectivity index (χ2v) is 5.88. The van der Waals surface area contributed by atoms with Crippen molar-refractivity contribution in [1.29, 1.82) is 0 Å². The van der Waals surface area contributed by atoms with Gasteiger partial charge in [0, 0.05) is 12.5 Å². The lowest BCUT2D eigenvalue weighted by Crippen LogP contribution is -2.16. The second kappa shape index (κ2) is 8.29. The summed E-state index contributed by atoms with van der Waals surface area (Å²) in [5.74, 6) is 0.269. The molecule has 1 heterocycles. The minimum atomic E-state index is -0.425. The number of nitrogens with zero attached hydrogens (tertiary/aromatic N) is 2. The zero-order valence-electron chi connectivity index (χ0n) is 14.5. The molecule has 0 aliphatic heterocycles. The van der Waals surface area contributed by atoms with E-state index in [9.17, 15) is 9.18 Å². The molecule has 26 heavy (non-hydrogen) atoms. The van der Waals surface area contributed by atoms with E-state index in [1.807, 2.05) is 30.3 Å².